The zero-order valence-electron chi connectivity index (χ0n) is 15.5. The Kier molecular flexibility index (Phi) is 4.80. The second-order valence-electron chi connectivity index (χ2n) is 6.87. The van der Waals surface area contributed by atoms with Crippen LogP contribution in [0, 0.1) is 11.6 Å². The number of para-hydroxylation sites is 1. The van der Waals surface area contributed by atoms with Crippen LogP contribution in [0.5, 0.6) is 0 Å². The van der Waals surface area contributed by atoms with Gasteiger partial charge in [0, 0.05) is 35.2 Å². The van der Waals surface area contributed by atoms with E-state index in [-0.39, 0.29) is 28.9 Å². The summed E-state index contributed by atoms with van der Waals surface area (Å²) in [6.07, 6.45) is 2.12. The Morgan fingerprint density at radius 3 is 2.66 bits per heavy atom. The van der Waals surface area contributed by atoms with Gasteiger partial charge in [-0.25, -0.2) is 8.78 Å². The van der Waals surface area contributed by atoms with Crippen molar-refractivity contribution in [2.75, 3.05) is 10.2 Å². The fourth-order valence-electron chi connectivity index (χ4n) is 3.46. The lowest BCUT2D eigenvalue weighted by Crippen LogP contribution is -2.36. The molecule has 0 bridgehead atoms. The fraction of sp³-hybridized carbons (Fsp3) is 0.136. The molecule has 0 fully saturated rings. The lowest BCUT2D eigenvalue weighted by molar-refractivity contribution is 0.0976. The number of anilines is 2. The monoisotopic (exact) mass is 393 g/mol. The number of nitrogens with zero attached hydrogens (tertiary/aromatic N) is 2. The van der Waals surface area contributed by atoms with E-state index in [2.05, 4.69) is 10.3 Å². The molecule has 1 aromatic heterocycles. The van der Waals surface area contributed by atoms with E-state index in [9.17, 15) is 18.4 Å². The maximum absolute atomic E-state index is 13.3. The summed E-state index contributed by atoms with van der Waals surface area (Å²) in [6, 6.07) is 13.6. The molecule has 4 rings (SSSR count). The summed E-state index contributed by atoms with van der Waals surface area (Å²) in [7, 11) is 0. The van der Waals surface area contributed by atoms with Crippen LogP contribution in [0.15, 0.2) is 60.8 Å². The highest BCUT2D eigenvalue weighted by atomic mass is 19.2. The van der Waals surface area contributed by atoms with Crippen molar-refractivity contribution < 1.29 is 18.4 Å². The molecule has 1 atom stereocenters. The third-order valence-electron chi connectivity index (χ3n) is 4.84. The molecule has 5 nitrogen and oxygen atoms in total. The molecule has 0 spiro atoms. The minimum absolute atomic E-state index is 0.0265. The largest absolute Gasteiger partial charge is 0.322 e. The first-order valence-corrected chi connectivity index (χ1v) is 9.08. The number of pyridine rings is 1. The Balaban J connectivity index is 1.58. The van der Waals surface area contributed by atoms with E-state index < -0.39 is 17.5 Å². The van der Waals surface area contributed by atoms with E-state index in [0.717, 1.165) is 29.8 Å². The number of fused-ring (bicyclic) bond motifs is 1. The number of benzene rings is 2. The first kappa shape index (κ1) is 18.7. The van der Waals surface area contributed by atoms with Crippen molar-refractivity contribution >= 4 is 23.2 Å². The quantitative estimate of drug-likeness (QED) is 0.725. The molecule has 1 unspecified atom stereocenters. The van der Waals surface area contributed by atoms with E-state index in [4.69, 9.17) is 0 Å². The van der Waals surface area contributed by atoms with Crippen LogP contribution in [-0.4, -0.2) is 22.8 Å². The average molecular weight is 393 g/mol. The number of rotatable bonds is 3. The van der Waals surface area contributed by atoms with Crippen LogP contribution in [0.1, 0.15) is 33.3 Å². The minimum atomic E-state index is -1.06. The molecule has 0 saturated carbocycles. The number of carbonyl (C=O) groups is 2. The van der Waals surface area contributed by atoms with Crippen molar-refractivity contribution in [3.63, 3.8) is 0 Å². The van der Waals surface area contributed by atoms with Crippen molar-refractivity contribution in [2.24, 2.45) is 0 Å². The van der Waals surface area contributed by atoms with Crippen LogP contribution in [0.4, 0.5) is 20.2 Å². The smallest absolute Gasteiger partial charge is 0.277 e. The van der Waals surface area contributed by atoms with Crippen LogP contribution in [0.2, 0.25) is 0 Å². The lowest BCUT2D eigenvalue weighted by atomic mass is 10.1. The van der Waals surface area contributed by atoms with Gasteiger partial charge in [-0.15, -0.1) is 0 Å². The van der Waals surface area contributed by atoms with Gasteiger partial charge in [-0.3, -0.25) is 14.6 Å². The predicted octanol–water partition coefficient (Wildman–Crippen LogP) is 4.20. The molecule has 3 aromatic rings. The van der Waals surface area contributed by atoms with E-state index >= 15 is 0 Å². The molecular formula is C22H17F2N3O2. The number of hydrogen-bond acceptors (Lipinski definition) is 3. The number of hydrogen-bond donors (Lipinski definition) is 1. The number of aromatic nitrogens is 1. The molecule has 2 heterocycles. The summed E-state index contributed by atoms with van der Waals surface area (Å²) in [6.45, 7) is 1.96. The van der Waals surface area contributed by atoms with Crippen LogP contribution in [0.3, 0.4) is 0 Å². The molecular weight excluding hydrogens is 376 g/mol. The van der Waals surface area contributed by atoms with E-state index in [1.165, 1.54) is 24.4 Å². The topological polar surface area (TPSA) is 62.3 Å². The van der Waals surface area contributed by atoms with Crippen LogP contribution >= 0.6 is 0 Å². The molecule has 0 aliphatic carbocycles. The molecule has 7 heteroatoms. The Labute approximate surface area is 166 Å². The molecule has 29 heavy (non-hydrogen) atoms. The first-order chi connectivity index (χ1) is 13.9. The Hall–Kier alpha value is -3.61. The second-order valence-corrected chi connectivity index (χ2v) is 6.87. The summed E-state index contributed by atoms with van der Waals surface area (Å²) >= 11 is 0. The number of nitrogens with one attached hydrogen (secondary N) is 1. The molecule has 2 aromatic carbocycles. The van der Waals surface area contributed by atoms with Gasteiger partial charge in [-0.1, -0.05) is 18.2 Å². The second kappa shape index (κ2) is 7.43. The van der Waals surface area contributed by atoms with Gasteiger partial charge in [0.25, 0.3) is 11.8 Å². The highest BCUT2D eigenvalue weighted by Gasteiger charge is 2.32. The van der Waals surface area contributed by atoms with Crippen molar-refractivity contribution in [2.45, 2.75) is 19.4 Å². The number of halogens is 2. The van der Waals surface area contributed by atoms with Gasteiger partial charge in [-0.2, -0.15) is 0 Å². The van der Waals surface area contributed by atoms with Gasteiger partial charge >= 0.3 is 0 Å². The Bertz CT molecular complexity index is 1120. The summed E-state index contributed by atoms with van der Waals surface area (Å²) in [5, 5.41) is 2.49. The molecule has 0 saturated heterocycles. The standard InChI is InChI=1S/C22H17F2N3O2/c1-13-10-14-4-2-3-5-20(14)27(13)22(29)19-11-15(8-9-25-19)21(28)26-16-6-7-17(23)18(24)12-16/h2-9,11-13H,10H2,1H3,(H,26,28). The predicted molar refractivity (Wildman–Crippen MR) is 105 cm³/mol. The lowest BCUT2D eigenvalue weighted by Gasteiger charge is -2.22. The van der Waals surface area contributed by atoms with Crippen LogP contribution in [0.25, 0.3) is 0 Å². The average Bonchev–Trinajstić information content (AvgIpc) is 3.06. The molecule has 1 aliphatic rings. The summed E-state index contributed by atoms with van der Waals surface area (Å²) in [4.78, 5) is 31.4. The highest BCUT2D eigenvalue weighted by Crippen LogP contribution is 2.32. The third-order valence-corrected chi connectivity index (χ3v) is 4.84. The van der Waals surface area contributed by atoms with Crippen molar-refractivity contribution in [3.8, 4) is 0 Å². The zero-order valence-corrected chi connectivity index (χ0v) is 15.5. The van der Waals surface area contributed by atoms with Gasteiger partial charge < -0.3 is 10.2 Å². The van der Waals surface area contributed by atoms with Gasteiger partial charge in [0.2, 0.25) is 0 Å². The SMILES string of the molecule is CC1Cc2ccccc2N1C(=O)c1cc(C(=O)Nc2ccc(F)c(F)c2)ccn1. The fourth-order valence-corrected chi connectivity index (χ4v) is 3.46. The van der Waals surface area contributed by atoms with E-state index in [0.29, 0.717) is 0 Å². The van der Waals surface area contributed by atoms with Gasteiger partial charge in [0.05, 0.1) is 0 Å². The minimum Gasteiger partial charge on any atom is -0.322 e. The number of amides is 2. The molecule has 1 aliphatic heterocycles. The third kappa shape index (κ3) is 3.59. The molecule has 1 N–H and O–H groups in total. The highest BCUT2D eigenvalue weighted by molar-refractivity contribution is 6.09. The van der Waals surface area contributed by atoms with E-state index in [1.807, 2.05) is 31.2 Å². The molecule has 146 valence electrons. The van der Waals surface area contributed by atoms with Crippen molar-refractivity contribution in [3.05, 3.63) is 89.2 Å². The van der Waals surface area contributed by atoms with Crippen molar-refractivity contribution in [1.82, 2.24) is 4.98 Å². The Morgan fingerprint density at radius 1 is 1.07 bits per heavy atom. The molecule has 2 amide bonds. The molecule has 0 radical (unpaired) electrons. The van der Waals surface area contributed by atoms with Crippen molar-refractivity contribution in [1.29, 1.82) is 0 Å². The van der Waals surface area contributed by atoms with Gasteiger partial charge in [-0.05, 0) is 49.2 Å². The first-order valence-electron chi connectivity index (χ1n) is 9.08. The Morgan fingerprint density at radius 2 is 1.86 bits per heavy atom. The summed E-state index contributed by atoms with van der Waals surface area (Å²) in [5.74, 6) is -2.91. The normalized spacial score (nSPS) is 15.1. The van der Waals surface area contributed by atoms with Crippen LogP contribution < -0.4 is 10.2 Å². The maximum atomic E-state index is 13.3. The summed E-state index contributed by atoms with van der Waals surface area (Å²) < 4.78 is 26.4. The summed E-state index contributed by atoms with van der Waals surface area (Å²) in [5.41, 5.74) is 2.35. The van der Waals surface area contributed by atoms with E-state index in [1.54, 1.807) is 4.90 Å². The van der Waals surface area contributed by atoms with Gasteiger partial charge in [0.15, 0.2) is 11.6 Å². The van der Waals surface area contributed by atoms with Gasteiger partial charge in [0.1, 0.15) is 5.69 Å². The number of carbonyl (C=O) groups excluding carboxylic acids is 2. The zero-order chi connectivity index (χ0) is 20.5. The van der Waals surface area contributed by atoms with Crippen LogP contribution in [-0.2, 0) is 6.42 Å². The maximum Gasteiger partial charge on any atom is 0.277 e.